The maximum absolute atomic E-state index is 13.7. The first-order valence-corrected chi connectivity index (χ1v) is 6.41. The Bertz CT molecular complexity index is 449. The summed E-state index contributed by atoms with van der Waals surface area (Å²) in [4.78, 5) is 11.4. The number of hydrogen-bond donors (Lipinski definition) is 2. The number of rotatable bonds is 6. The summed E-state index contributed by atoms with van der Waals surface area (Å²) in [5, 5.41) is 5.58. The summed E-state index contributed by atoms with van der Waals surface area (Å²) in [5.41, 5.74) is 0.500. The fourth-order valence-electron chi connectivity index (χ4n) is 1.68. The first-order chi connectivity index (χ1) is 8.95. The molecule has 0 spiro atoms. The van der Waals surface area contributed by atoms with Crippen molar-refractivity contribution in [2.75, 3.05) is 13.1 Å². The molecule has 0 aliphatic heterocycles. The van der Waals surface area contributed by atoms with Crippen molar-refractivity contribution in [1.29, 1.82) is 0 Å². The Morgan fingerprint density at radius 1 is 1.32 bits per heavy atom. The number of hydrogen-bond acceptors (Lipinski definition) is 2. The summed E-state index contributed by atoms with van der Waals surface area (Å²) in [6.07, 6.45) is 0.860. The lowest BCUT2D eigenvalue weighted by Gasteiger charge is -2.15. The number of halogens is 2. The van der Waals surface area contributed by atoms with Crippen LogP contribution in [0.25, 0.3) is 0 Å². The molecule has 1 rings (SSSR count). The average molecular weight is 270 g/mol. The zero-order valence-corrected chi connectivity index (χ0v) is 11.5. The number of carbonyl (C=O) groups excluding carboxylic acids is 1. The zero-order chi connectivity index (χ0) is 14.4. The van der Waals surface area contributed by atoms with Gasteiger partial charge < -0.3 is 10.6 Å². The van der Waals surface area contributed by atoms with E-state index in [-0.39, 0.29) is 23.6 Å². The molecule has 0 saturated heterocycles. The van der Waals surface area contributed by atoms with E-state index in [9.17, 15) is 13.6 Å². The molecule has 0 aliphatic rings. The summed E-state index contributed by atoms with van der Waals surface area (Å²) in [6.45, 7) is 5.86. The lowest BCUT2D eigenvalue weighted by Crippen LogP contribution is -2.35. The molecule has 1 unspecified atom stereocenters. The van der Waals surface area contributed by atoms with Crippen LogP contribution in [0.2, 0.25) is 0 Å². The van der Waals surface area contributed by atoms with Crippen LogP contribution in [0, 0.1) is 18.6 Å². The first kappa shape index (κ1) is 15.6. The molecule has 3 nitrogen and oxygen atoms in total. The van der Waals surface area contributed by atoms with Gasteiger partial charge >= 0.3 is 0 Å². The maximum Gasteiger partial charge on any atom is 0.233 e. The van der Waals surface area contributed by atoms with Crippen molar-refractivity contribution in [3.05, 3.63) is 34.9 Å². The van der Waals surface area contributed by atoms with Crippen LogP contribution in [-0.4, -0.2) is 19.0 Å². The summed E-state index contributed by atoms with van der Waals surface area (Å²) < 4.78 is 27.1. The van der Waals surface area contributed by atoms with Gasteiger partial charge in [-0.3, -0.25) is 4.79 Å². The van der Waals surface area contributed by atoms with Crippen LogP contribution in [0.15, 0.2) is 12.1 Å². The topological polar surface area (TPSA) is 41.1 Å². The molecule has 19 heavy (non-hydrogen) atoms. The minimum Gasteiger partial charge on any atom is -0.355 e. The highest BCUT2D eigenvalue weighted by molar-refractivity contribution is 5.77. The van der Waals surface area contributed by atoms with Gasteiger partial charge in [0.2, 0.25) is 5.91 Å². The van der Waals surface area contributed by atoms with Crippen molar-refractivity contribution in [2.24, 2.45) is 0 Å². The van der Waals surface area contributed by atoms with Crippen molar-refractivity contribution in [3.8, 4) is 0 Å². The van der Waals surface area contributed by atoms with Crippen LogP contribution in [0.1, 0.15) is 37.4 Å². The standard InChI is InChI=1S/C14H20F2N2O/c1-4-5-17-14(19)8-18-10(3)11-7-12(15)9(2)6-13(11)16/h6-7,10,18H,4-5,8H2,1-3H3,(H,17,19). The molecule has 2 N–H and O–H groups in total. The monoisotopic (exact) mass is 270 g/mol. The molecular formula is C14H20F2N2O. The predicted molar refractivity (Wildman–Crippen MR) is 70.8 cm³/mol. The third-order valence-electron chi connectivity index (χ3n) is 2.89. The number of aryl methyl sites for hydroxylation is 1. The van der Waals surface area contributed by atoms with Gasteiger partial charge in [0.05, 0.1) is 6.54 Å². The van der Waals surface area contributed by atoms with Gasteiger partial charge in [0, 0.05) is 18.2 Å². The normalized spacial score (nSPS) is 12.3. The third kappa shape index (κ3) is 4.59. The largest absolute Gasteiger partial charge is 0.355 e. The molecule has 0 bridgehead atoms. The second-order valence-electron chi connectivity index (χ2n) is 4.58. The number of carbonyl (C=O) groups is 1. The molecule has 0 heterocycles. The van der Waals surface area contributed by atoms with Crippen LogP contribution >= 0.6 is 0 Å². The van der Waals surface area contributed by atoms with Gasteiger partial charge in [0.15, 0.2) is 0 Å². The molecule has 0 aliphatic carbocycles. The number of nitrogens with one attached hydrogen (secondary N) is 2. The quantitative estimate of drug-likeness (QED) is 0.833. The molecular weight excluding hydrogens is 250 g/mol. The van der Waals surface area contributed by atoms with Crippen LogP contribution in [0.4, 0.5) is 8.78 Å². The Hall–Kier alpha value is -1.49. The fraction of sp³-hybridized carbons (Fsp3) is 0.500. The van der Waals surface area contributed by atoms with Crippen molar-refractivity contribution in [1.82, 2.24) is 10.6 Å². The lowest BCUT2D eigenvalue weighted by atomic mass is 10.1. The van der Waals surface area contributed by atoms with Gasteiger partial charge in [-0.2, -0.15) is 0 Å². The van der Waals surface area contributed by atoms with E-state index in [1.807, 2.05) is 6.92 Å². The van der Waals surface area contributed by atoms with Crippen molar-refractivity contribution >= 4 is 5.91 Å². The second-order valence-corrected chi connectivity index (χ2v) is 4.58. The van der Waals surface area contributed by atoms with E-state index >= 15 is 0 Å². The first-order valence-electron chi connectivity index (χ1n) is 6.41. The Balaban J connectivity index is 2.61. The Kier molecular flexibility index (Phi) is 5.89. The fourth-order valence-corrected chi connectivity index (χ4v) is 1.68. The zero-order valence-electron chi connectivity index (χ0n) is 11.5. The highest BCUT2D eigenvalue weighted by atomic mass is 19.1. The summed E-state index contributed by atoms with van der Waals surface area (Å²) in [7, 11) is 0. The maximum atomic E-state index is 13.7. The highest BCUT2D eigenvalue weighted by Crippen LogP contribution is 2.20. The lowest BCUT2D eigenvalue weighted by molar-refractivity contribution is -0.120. The van der Waals surface area contributed by atoms with Crippen LogP contribution in [-0.2, 0) is 4.79 Å². The summed E-state index contributed by atoms with van der Waals surface area (Å²) in [6, 6.07) is 1.91. The van der Waals surface area contributed by atoms with E-state index in [2.05, 4.69) is 10.6 Å². The number of amides is 1. The molecule has 1 atom stereocenters. The van der Waals surface area contributed by atoms with E-state index in [0.717, 1.165) is 6.42 Å². The molecule has 0 saturated carbocycles. The Labute approximate surface area is 112 Å². The predicted octanol–water partition coefficient (Wildman–Crippen LogP) is 2.45. The molecule has 0 radical (unpaired) electrons. The minimum atomic E-state index is -0.465. The van der Waals surface area contributed by atoms with Crippen molar-refractivity contribution in [3.63, 3.8) is 0 Å². The van der Waals surface area contributed by atoms with E-state index < -0.39 is 17.7 Å². The molecule has 106 valence electrons. The van der Waals surface area contributed by atoms with Crippen LogP contribution in [0.3, 0.4) is 0 Å². The molecule has 1 aromatic carbocycles. The van der Waals surface area contributed by atoms with Crippen LogP contribution < -0.4 is 10.6 Å². The van der Waals surface area contributed by atoms with E-state index in [1.165, 1.54) is 19.1 Å². The molecule has 0 aromatic heterocycles. The van der Waals surface area contributed by atoms with Crippen molar-refractivity contribution < 1.29 is 13.6 Å². The summed E-state index contributed by atoms with van der Waals surface area (Å²) >= 11 is 0. The van der Waals surface area contributed by atoms with Gasteiger partial charge in [-0.05, 0) is 38.0 Å². The third-order valence-corrected chi connectivity index (χ3v) is 2.89. The molecule has 5 heteroatoms. The second kappa shape index (κ2) is 7.19. The van der Waals surface area contributed by atoms with E-state index in [0.29, 0.717) is 6.54 Å². The average Bonchev–Trinajstić information content (AvgIpc) is 2.37. The molecule has 0 fully saturated rings. The van der Waals surface area contributed by atoms with E-state index in [1.54, 1.807) is 6.92 Å². The van der Waals surface area contributed by atoms with Gasteiger partial charge in [0.25, 0.3) is 0 Å². The van der Waals surface area contributed by atoms with Crippen LogP contribution in [0.5, 0.6) is 0 Å². The van der Waals surface area contributed by atoms with Gasteiger partial charge in [-0.1, -0.05) is 6.92 Å². The van der Waals surface area contributed by atoms with Crippen molar-refractivity contribution in [2.45, 2.75) is 33.2 Å². The highest BCUT2D eigenvalue weighted by Gasteiger charge is 2.14. The SMILES string of the molecule is CCCNC(=O)CNC(C)c1cc(F)c(C)cc1F. The Morgan fingerprint density at radius 3 is 2.63 bits per heavy atom. The van der Waals surface area contributed by atoms with Gasteiger partial charge in [-0.25, -0.2) is 8.78 Å². The summed E-state index contributed by atoms with van der Waals surface area (Å²) in [5.74, 6) is -1.06. The number of benzene rings is 1. The molecule has 1 amide bonds. The Morgan fingerprint density at radius 2 is 2.00 bits per heavy atom. The minimum absolute atomic E-state index is 0.0795. The molecule has 1 aromatic rings. The van der Waals surface area contributed by atoms with E-state index in [4.69, 9.17) is 0 Å². The van der Waals surface area contributed by atoms with Gasteiger partial charge in [0.1, 0.15) is 11.6 Å². The smallest absolute Gasteiger partial charge is 0.233 e. The van der Waals surface area contributed by atoms with Gasteiger partial charge in [-0.15, -0.1) is 0 Å².